The first-order chi connectivity index (χ1) is 9.12. The molecule has 1 aliphatic rings. The number of benzene rings is 1. The predicted octanol–water partition coefficient (Wildman–Crippen LogP) is 1.24. The van der Waals surface area contributed by atoms with Crippen LogP contribution in [-0.4, -0.2) is 44.3 Å². The maximum atomic E-state index is 11.9. The Morgan fingerprint density at radius 3 is 2.26 bits per heavy atom. The van der Waals surface area contributed by atoms with Crippen molar-refractivity contribution in [1.29, 1.82) is 0 Å². The topological polar surface area (TPSA) is 74.0 Å². The number of hydrogen-bond acceptors (Lipinski definition) is 5. The van der Waals surface area contributed by atoms with Gasteiger partial charge in [-0.2, -0.15) is 0 Å². The molecule has 1 aliphatic heterocycles. The lowest BCUT2D eigenvalue weighted by atomic mass is 10.3. The number of methoxy groups -OCH3 is 2. The molecular formula is C13H18N2O4. The first-order valence-electron chi connectivity index (χ1n) is 6.08. The number of likely N-dealkylation sites (tertiary alicyclic amines) is 1. The number of hydrogen-bond donors (Lipinski definition) is 1. The summed E-state index contributed by atoms with van der Waals surface area (Å²) in [5.74, 6) is 1.53. The van der Waals surface area contributed by atoms with Crippen LogP contribution in [0.15, 0.2) is 18.2 Å². The van der Waals surface area contributed by atoms with Gasteiger partial charge in [0.2, 0.25) is 0 Å². The van der Waals surface area contributed by atoms with Gasteiger partial charge in [-0.25, -0.2) is 4.79 Å². The molecule has 0 radical (unpaired) electrons. The fourth-order valence-corrected chi connectivity index (χ4v) is 1.96. The Morgan fingerprint density at radius 2 is 1.79 bits per heavy atom. The molecule has 1 saturated heterocycles. The molecule has 2 rings (SSSR count). The molecule has 1 fully saturated rings. The molecular weight excluding hydrogens is 248 g/mol. The van der Waals surface area contributed by atoms with Gasteiger partial charge in [0, 0.05) is 37.3 Å². The zero-order valence-corrected chi connectivity index (χ0v) is 11.1. The minimum atomic E-state index is -0.400. The molecule has 2 N–H and O–H groups in total. The van der Waals surface area contributed by atoms with E-state index in [-0.39, 0.29) is 6.04 Å². The number of carbonyl (C=O) groups is 1. The summed E-state index contributed by atoms with van der Waals surface area (Å²) in [6.07, 6.45) is 0.402. The van der Waals surface area contributed by atoms with Gasteiger partial charge in [0.15, 0.2) is 0 Å². The van der Waals surface area contributed by atoms with Gasteiger partial charge in [-0.3, -0.25) is 0 Å². The number of amides is 1. The summed E-state index contributed by atoms with van der Waals surface area (Å²) in [6.45, 7) is 1.15. The number of nitrogens with two attached hydrogens (primary N) is 1. The highest BCUT2D eigenvalue weighted by atomic mass is 16.6. The average Bonchev–Trinajstić information content (AvgIpc) is 2.85. The van der Waals surface area contributed by atoms with E-state index in [2.05, 4.69) is 0 Å². The molecule has 1 aromatic rings. The minimum absolute atomic E-state index is 0.0346. The van der Waals surface area contributed by atoms with Gasteiger partial charge in [-0.15, -0.1) is 0 Å². The molecule has 1 heterocycles. The number of rotatable bonds is 3. The lowest BCUT2D eigenvalue weighted by Crippen LogP contribution is -2.33. The van der Waals surface area contributed by atoms with E-state index in [9.17, 15) is 4.79 Å². The van der Waals surface area contributed by atoms with Crippen LogP contribution in [0.5, 0.6) is 17.2 Å². The number of nitrogens with zero attached hydrogens (tertiary/aromatic N) is 1. The van der Waals surface area contributed by atoms with E-state index in [1.54, 1.807) is 37.3 Å². The van der Waals surface area contributed by atoms with Crippen LogP contribution in [0, 0.1) is 0 Å². The highest BCUT2D eigenvalue weighted by Crippen LogP contribution is 2.28. The smallest absolute Gasteiger partial charge is 0.415 e. The zero-order chi connectivity index (χ0) is 13.8. The van der Waals surface area contributed by atoms with E-state index in [4.69, 9.17) is 19.9 Å². The van der Waals surface area contributed by atoms with Crippen molar-refractivity contribution in [2.75, 3.05) is 27.3 Å². The maximum Gasteiger partial charge on any atom is 0.415 e. The van der Waals surface area contributed by atoms with E-state index >= 15 is 0 Å². The highest BCUT2D eigenvalue weighted by molar-refractivity contribution is 5.71. The molecule has 19 heavy (non-hydrogen) atoms. The van der Waals surface area contributed by atoms with Gasteiger partial charge in [0.05, 0.1) is 14.2 Å². The molecule has 1 aromatic carbocycles. The normalized spacial score (nSPS) is 18.3. The second-order valence-electron chi connectivity index (χ2n) is 4.41. The summed E-state index contributed by atoms with van der Waals surface area (Å²) < 4.78 is 15.5. The molecule has 0 aromatic heterocycles. The number of ether oxygens (including phenoxy) is 3. The summed E-state index contributed by atoms with van der Waals surface area (Å²) in [7, 11) is 3.08. The van der Waals surface area contributed by atoms with Gasteiger partial charge in [-0.1, -0.05) is 0 Å². The largest absolute Gasteiger partial charge is 0.496 e. The molecule has 6 nitrogen and oxygen atoms in total. The van der Waals surface area contributed by atoms with Crippen LogP contribution in [0.25, 0.3) is 0 Å². The van der Waals surface area contributed by atoms with Crippen molar-refractivity contribution >= 4 is 6.09 Å². The van der Waals surface area contributed by atoms with E-state index in [1.807, 2.05) is 0 Å². The summed E-state index contributed by atoms with van der Waals surface area (Å²) in [6, 6.07) is 5.02. The third kappa shape index (κ3) is 3.29. The van der Waals surface area contributed by atoms with Crippen LogP contribution in [0.4, 0.5) is 4.79 Å². The second-order valence-corrected chi connectivity index (χ2v) is 4.41. The standard InChI is InChI=1S/C13H18N2O4/c1-17-10-5-11(18-2)7-12(6-10)19-13(16)15-4-3-9(14)8-15/h5-7,9H,3-4,8,14H2,1-2H3. The Hall–Kier alpha value is -1.95. The van der Waals surface area contributed by atoms with Crippen LogP contribution >= 0.6 is 0 Å². The third-order valence-corrected chi connectivity index (χ3v) is 3.01. The summed E-state index contributed by atoms with van der Waals surface area (Å²) in [4.78, 5) is 13.5. The van der Waals surface area contributed by atoms with Crippen LogP contribution in [-0.2, 0) is 0 Å². The predicted molar refractivity (Wildman–Crippen MR) is 69.7 cm³/mol. The highest BCUT2D eigenvalue weighted by Gasteiger charge is 2.25. The average molecular weight is 266 g/mol. The molecule has 1 amide bonds. The van der Waals surface area contributed by atoms with Crippen molar-refractivity contribution in [3.63, 3.8) is 0 Å². The van der Waals surface area contributed by atoms with Crippen molar-refractivity contribution in [1.82, 2.24) is 4.90 Å². The Bertz CT molecular complexity index is 442. The minimum Gasteiger partial charge on any atom is -0.496 e. The van der Waals surface area contributed by atoms with Gasteiger partial charge < -0.3 is 24.8 Å². The SMILES string of the molecule is COc1cc(OC)cc(OC(=O)N2CCC(N)C2)c1. The van der Waals surface area contributed by atoms with Gasteiger partial charge in [0.25, 0.3) is 0 Å². The van der Waals surface area contributed by atoms with Crippen molar-refractivity contribution in [3.8, 4) is 17.2 Å². The summed E-state index contributed by atoms with van der Waals surface area (Å²) in [5.41, 5.74) is 5.76. The summed E-state index contributed by atoms with van der Waals surface area (Å²) in [5, 5.41) is 0. The third-order valence-electron chi connectivity index (χ3n) is 3.01. The Kier molecular flexibility index (Phi) is 4.11. The zero-order valence-electron chi connectivity index (χ0n) is 11.1. The van der Waals surface area contributed by atoms with Crippen LogP contribution in [0.3, 0.4) is 0 Å². The van der Waals surface area contributed by atoms with Crippen LogP contribution in [0.2, 0.25) is 0 Å². The fourth-order valence-electron chi connectivity index (χ4n) is 1.96. The molecule has 0 saturated carbocycles. The lowest BCUT2D eigenvalue weighted by molar-refractivity contribution is 0.162. The van der Waals surface area contributed by atoms with Crippen molar-refractivity contribution in [3.05, 3.63) is 18.2 Å². The molecule has 1 atom stereocenters. The molecule has 104 valence electrons. The van der Waals surface area contributed by atoms with E-state index in [1.165, 1.54) is 0 Å². The molecule has 0 aliphatic carbocycles. The Labute approximate surface area is 112 Å². The number of carbonyl (C=O) groups excluding carboxylic acids is 1. The molecule has 1 unspecified atom stereocenters. The Balaban J connectivity index is 2.07. The van der Waals surface area contributed by atoms with E-state index in [0.717, 1.165) is 6.42 Å². The first kappa shape index (κ1) is 13.5. The molecule has 0 spiro atoms. The van der Waals surface area contributed by atoms with Crippen LogP contribution in [0.1, 0.15) is 6.42 Å². The van der Waals surface area contributed by atoms with E-state index < -0.39 is 6.09 Å². The second kappa shape index (κ2) is 5.79. The maximum absolute atomic E-state index is 11.9. The van der Waals surface area contributed by atoms with Gasteiger partial charge in [-0.05, 0) is 6.42 Å². The van der Waals surface area contributed by atoms with Gasteiger partial charge in [0.1, 0.15) is 17.2 Å². The van der Waals surface area contributed by atoms with E-state index in [0.29, 0.717) is 30.3 Å². The quantitative estimate of drug-likeness (QED) is 0.890. The summed E-state index contributed by atoms with van der Waals surface area (Å²) >= 11 is 0. The van der Waals surface area contributed by atoms with Crippen molar-refractivity contribution in [2.24, 2.45) is 5.73 Å². The molecule has 6 heteroatoms. The fraction of sp³-hybridized carbons (Fsp3) is 0.462. The monoisotopic (exact) mass is 266 g/mol. The lowest BCUT2D eigenvalue weighted by Gasteiger charge is -2.16. The Morgan fingerprint density at radius 1 is 1.21 bits per heavy atom. The molecule has 0 bridgehead atoms. The van der Waals surface area contributed by atoms with Crippen molar-refractivity contribution in [2.45, 2.75) is 12.5 Å². The van der Waals surface area contributed by atoms with Gasteiger partial charge >= 0.3 is 6.09 Å². The van der Waals surface area contributed by atoms with Crippen molar-refractivity contribution < 1.29 is 19.0 Å². The van der Waals surface area contributed by atoms with Crippen LogP contribution < -0.4 is 19.9 Å². The first-order valence-corrected chi connectivity index (χ1v) is 6.08.